The van der Waals surface area contributed by atoms with E-state index in [0.717, 1.165) is 16.9 Å². The van der Waals surface area contributed by atoms with Crippen LogP contribution in [-0.4, -0.2) is 6.61 Å². The first-order valence-corrected chi connectivity index (χ1v) is 6.20. The second-order valence-corrected chi connectivity index (χ2v) is 4.15. The maximum absolute atomic E-state index is 5.89. The molecule has 0 aliphatic rings. The molecule has 4 nitrogen and oxygen atoms in total. The number of rotatable bonds is 4. The highest BCUT2D eigenvalue weighted by molar-refractivity contribution is 5.63. The predicted octanol–water partition coefficient (Wildman–Crippen LogP) is 4.39. The van der Waals surface area contributed by atoms with Gasteiger partial charge in [0, 0.05) is 6.07 Å². The minimum absolute atomic E-state index is 0.572. The molecule has 2 aromatic carbocycles. The molecule has 19 heavy (non-hydrogen) atoms. The third-order valence-corrected chi connectivity index (χ3v) is 2.66. The number of hydrogen-bond donors (Lipinski definition) is 1. The summed E-state index contributed by atoms with van der Waals surface area (Å²) in [7, 11) is 0. The molecule has 0 bridgehead atoms. The summed E-state index contributed by atoms with van der Waals surface area (Å²) in [6.45, 7) is 4.44. The molecule has 0 radical (unpaired) electrons. The van der Waals surface area contributed by atoms with Gasteiger partial charge >= 0.3 is 0 Å². The van der Waals surface area contributed by atoms with Crippen LogP contribution in [-0.2, 0) is 0 Å². The number of azo groups is 1. The molecule has 0 atom stereocenters. The Bertz CT molecular complexity index is 579. The van der Waals surface area contributed by atoms with Crippen molar-refractivity contribution >= 4 is 17.1 Å². The van der Waals surface area contributed by atoms with Crippen LogP contribution in [0.15, 0.2) is 52.7 Å². The van der Waals surface area contributed by atoms with Gasteiger partial charge in [-0.15, -0.1) is 0 Å². The molecular formula is C15H17N3O. The lowest BCUT2D eigenvalue weighted by molar-refractivity contribution is 0.342. The molecule has 0 saturated heterocycles. The lowest BCUT2D eigenvalue weighted by Gasteiger charge is -2.09. The van der Waals surface area contributed by atoms with Gasteiger partial charge in [0.1, 0.15) is 5.75 Å². The molecule has 0 amide bonds. The Morgan fingerprint density at radius 1 is 1.11 bits per heavy atom. The van der Waals surface area contributed by atoms with Gasteiger partial charge in [0.05, 0.1) is 23.7 Å². The zero-order valence-corrected chi connectivity index (χ0v) is 11.1. The van der Waals surface area contributed by atoms with Crippen LogP contribution in [0, 0.1) is 6.92 Å². The molecule has 0 aliphatic carbocycles. The fraction of sp³-hybridized carbons (Fsp3) is 0.200. The van der Waals surface area contributed by atoms with Crippen LogP contribution < -0.4 is 10.5 Å². The van der Waals surface area contributed by atoms with Crippen LogP contribution in [0.2, 0.25) is 0 Å². The van der Waals surface area contributed by atoms with Gasteiger partial charge in [0.2, 0.25) is 0 Å². The van der Waals surface area contributed by atoms with Gasteiger partial charge in [-0.1, -0.05) is 18.2 Å². The molecule has 0 heterocycles. The van der Waals surface area contributed by atoms with E-state index in [2.05, 4.69) is 10.2 Å². The largest absolute Gasteiger partial charge is 0.492 e. The Balaban J connectivity index is 2.29. The van der Waals surface area contributed by atoms with Gasteiger partial charge in [0.15, 0.2) is 0 Å². The summed E-state index contributed by atoms with van der Waals surface area (Å²) < 4.78 is 5.46. The van der Waals surface area contributed by atoms with Crippen molar-refractivity contribution in [3.05, 3.63) is 48.0 Å². The second kappa shape index (κ2) is 6.00. The maximum Gasteiger partial charge on any atom is 0.144 e. The minimum atomic E-state index is 0.572. The molecule has 0 fully saturated rings. The highest BCUT2D eigenvalue weighted by Crippen LogP contribution is 2.31. The van der Waals surface area contributed by atoms with E-state index >= 15 is 0 Å². The minimum Gasteiger partial charge on any atom is -0.492 e. The van der Waals surface area contributed by atoms with Crippen LogP contribution in [0.5, 0.6) is 5.75 Å². The summed E-state index contributed by atoms with van der Waals surface area (Å²) in [5.74, 6) is 0.648. The Labute approximate surface area is 112 Å². The van der Waals surface area contributed by atoms with Crippen molar-refractivity contribution in [1.29, 1.82) is 0 Å². The first-order valence-electron chi connectivity index (χ1n) is 6.20. The van der Waals surface area contributed by atoms with Crippen molar-refractivity contribution in [3.8, 4) is 5.75 Å². The summed E-state index contributed by atoms with van der Waals surface area (Å²) in [5.41, 5.74) is 9.06. The van der Waals surface area contributed by atoms with E-state index in [4.69, 9.17) is 10.5 Å². The van der Waals surface area contributed by atoms with Gasteiger partial charge in [-0.25, -0.2) is 0 Å². The number of hydrogen-bond acceptors (Lipinski definition) is 4. The van der Waals surface area contributed by atoms with E-state index in [0.29, 0.717) is 18.0 Å². The van der Waals surface area contributed by atoms with Gasteiger partial charge in [0.25, 0.3) is 0 Å². The molecule has 0 saturated carbocycles. The fourth-order valence-electron chi connectivity index (χ4n) is 1.69. The average molecular weight is 255 g/mol. The van der Waals surface area contributed by atoms with Crippen LogP contribution in [0.1, 0.15) is 12.5 Å². The van der Waals surface area contributed by atoms with Crippen molar-refractivity contribution in [2.75, 3.05) is 12.3 Å². The van der Waals surface area contributed by atoms with Gasteiger partial charge in [-0.2, -0.15) is 10.2 Å². The van der Waals surface area contributed by atoms with E-state index in [1.165, 1.54) is 0 Å². The maximum atomic E-state index is 5.89. The highest BCUT2D eigenvalue weighted by atomic mass is 16.5. The topological polar surface area (TPSA) is 60.0 Å². The number of ether oxygens (including phenoxy) is 1. The number of nitrogens with zero attached hydrogens (tertiary/aromatic N) is 2. The highest BCUT2D eigenvalue weighted by Gasteiger charge is 2.05. The van der Waals surface area contributed by atoms with Gasteiger partial charge in [-0.05, 0) is 37.6 Å². The molecule has 4 heteroatoms. The Morgan fingerprint density at radius 3 is 2.53 bits per heavy atom. The summed E-state index contributed by atoms with van der Waals surface area (Å²) in [5, 5.41) is 8.45. The van der Waals surface area contributed by atoms with E-state index in [1.54, 1.807) is 0 Å². The molecule has 2 N–H and O–H groups in total. The number of nitrogen functional groups attached to an aromatic ring is 1. The summed E-state index contributed by atoms with van der Waals surface area (Å²) in [6.07, 6.45) is 0. The molecule has 2 aromatic rings. The van der Waals surface area contributed by atoms with E-state index in [1.807, 2.05) is 56.3 Å². The van der Waals surface area contributed by atoms with Crippen molar-refractivity contribution in [1.82, 2.24) is 0 Å². The molecule has 0 aliphatic heterocycles. The zero-order chi connectivity index (χ0) is 13.7. The van der Waals surface area contributed by atoms with Crippen LogP contribution in [0.4, 0.5) is 17.1 Å². The number of anilines is 1. The normalized spacial score (nSPS) is 10.8. The predicted molar refractivity (Wildman–Crippen MR) is 77.4 cm³/mol. The lowest BCUT2D eigenvalue weighted by atomic mass is 10.1. The third-order valence-electron chi connectivity index (χ3n) is 2.66. The lowest BCUT2D eigenvalue weighted by Crippen LogP contribution is -1.97. The first-order chi connectivity index (χ1) is 9.20. The smallest absolute Gasteiger partial charge is 0.144 e. The van der Waals surface area contributed by atoms with Gasteiger partial charge in [-0.3, -0.25) is 0 Å². The second-order valence-electron chi connectivity index (χ2n) is 4.15. The van der Waals surface area contributed by atoms with Gasteiger partial charge < -0.3 is 10.5 Å². The summed E-state index contributed by atoms with van der Waals surface area (Å²) in [4.78, 5) is 0. The Kier molecular flexibility index (Phi) is 4.13. The van der Waals surface area contributed by atoms with Crippen molar-refractivity contribution in [2.45, 2.75) is 13.8 Å². The Morgan fingerprint density at radius 2 is 1.84 bits per heavy atom. The molecular weight excluding hydrogens is 238 g/mol. The summed E-state index contributed by atoms with van der Waals surface area (Å²) in [6, 6.07) is 13.3. The van der Waals surface area contributed by atoms with Crippen molar-refractivity contribution in [3.63, 3.8) is 0 Å². The van der Waals surface area contributed by atoms with E-state index < -0.39 is 0 Å². The monoisotopic (exact) mass is 255 g/mol. The average Bonchev–Trinajstić information content (AvgIpc) is 2.42. The molecule has 0 spiro atoms. The van der Waals surface area contributed by atoms with E-state index in [9.17, 15) is 0 Å². The number of benzene rings is 2. The zero-order valence-electron chi connectivity index (χ0n) is 11.1. The Hall–Kier alpha value is -2.36. The fourth-order valence-corrected chi connectivity index (χ4v) is 1.69. The van der Waals surface area contributed by atoms with E-state index in [-0.39, 0.29) is 0 Å². The third kappa shape index (κ3) is 3.31. The molecule has 2 rings (SSSR count). The SMILES string of the molecule is CCOc1cc(/N=N/c2ccccc2)c(C)cc1N. The standard InChI is InChI=1S/C15H17N3O/c1-3-19-15-10-14(11(2)9-13(15)16)18-17-12-7-5-4-6-8-12/h4-10H,3,16H2,1-2H3/b18-17+. The quantitative estimate of drug-likeness (QED) is 0.650. The number of aryl methyl sites for hydroxylation is 1. The molecule has 0 unspecified atom stereocenters. The first kappa shape index (κ1) is 13.1. The van der Waals surface area contributed by atoms with Crippen LogP contribution in [0.3, 0.4) is 0 Å². The van der Waals surface area contributed by atoms with Crippen LogP contribution >= 0.6 is 0 Å². The number of nitrogens with two attached hydrogens (primary N) is 1. The van der Waals surface area contributed by atoms with Crippen molar-refractivity contribution in [2.24, 2.45) is 10.2 Å². The molecule has 0 aromatic heterocycles. The molecule has 98 valence electrons. The van der Waals surface area contributed by atoms with Crippen molar-refractivity contribution < 1.29 is 4.74 Å². The van der Waals surface area contributed by atoms with Crippen LogP contribution in [0.25, 0.3) is 0 Å². The summed E-state index contributed by atoms with van der Waals surface area (Å²) >= 11 is 0.